The van der Waals surface area contributed by atoms with Gasteiger partial charge in [0.2, 0.25) is 11.1 Å². The maximum absolute atomic E-state index is 12.5. The van der Waals surface area contributed by atoms with E-state index in [-0.39, 0.29) is 11.7 Å². The first kappa shape index (κ1) is 23.6. The molecule has 0 saturated carbocycles. The maximum Gasteiger partial charge on any atom is 0.232 e. The van der Waals surface area contributed by atoms with Crippen LogP contribution in [0.3, 0.4) is 0 Å². The Hall–Kier alpha value is -3.11. The molecule has 1 aromatic heterocycles. The molecule has 0 saturated heterocycles. The molecule has 3 rings (SSSR count). The highest BCUT2D eigenvalue weighted by Gasteiger charge is 2.18. The molecule has 0 atom stereocenters. The molecular formula is C21H24ClN5O4S. The lowest BCUT2D eigenvalue weighted by atomic mass is 10.2. The van der Waals surface area contributed by atoms with Crippen LogP contribution in [0.15, 0.2) is 47.6 Å². The first-order valence-electron chi connectivity index (χ1n) is 9.61. The molecule has 1 heterocycles. The van der Waals surface area contributed by atoms with Crippen LogP contribution in [0.1, 0.15) is 0 Å². The lowest BCUT2D eigenvalue weighted by molar-refractivity contribution is -0.127. The molecule has 1 amide bonds. The Morgan fingerprint density at radius 1 is 1.12 bits per heavy atom. The van der Waals surface area contributed by atoms with Gasteiger partial charge >= 0.3 is 0 Å². The summed E-state index contributed by atoms with van der Waals surface area (Å²) in [5, 5.41) is 9.32. The summed E-state index contributed by atoms with van der Waals surface area (Å²) >= 11 is 7.06. The van der Waals surface area contributed by atoms with E-state index in [1.54, 1.807) is 68.6 Å². The zero-order chi connectivity index (χ0) is 23.1. The number of halogens is 1. The maximum atomic E-state index is 12.5. The Labute approximate surface area is 195 Å². The van der Waals surface area contributed by atoms with Crippen molar-refractivity contribution in [3.8, 4) is 28.6 Å². The van der Waals surface area contributed by atoms with Crippen LogP contribution in [0, 0.1) is 0 Å². The fourth-order valence-corrected chi connectivity index (χ4v) is 3.66. The van der Waals surface area contributed by atoms with Gasteiger partial charge in [0.15, 0.2) is 5.82 Å². The zero-order valence-electron chi connectivity index (χ0n) is 17.9. The Morgan fingerprint density at radius 3 is 2.53 bits per heavy atom. The zero-order valence-corrected chi connectivity index (χ0v) is 19.5. The van der Waals surface area contributed by atoms with Crippen molar-refractivity contribution in [2.45, 2.75) is 5.16 Å². The van der Waals surface area contributed by atoms with E-state index < -0.39 is 0 Å². The summed E-state index contributed by atoms with van der Waals surface area (Å²) in [5.74, 6) is 8.57. The minimum atomic E-state index is -0.0821. The number of nitrogen functional groups attached to an aromatic ring is 1. The van der Waals surface area contributed by atoms with E-state index in [2.05, 4.69) is 10.2 Å². The van der Waals surface area contributed by atoms with Crippen LogP contribution in [0.5, 0.6) is 17.2 Å². The van der Waals surface area contributed by atoms with E-state index in [4.69, 9.17) is 31.7 Å². The quantitative estimate of drug-likeness (QED) is 0.351. The van der Waals surface area contributed by atoms with E-state index in [0.717, 1.165) is 0 Å². The van der Waals surface area contributed by atoms with Crippen LogP contribution in [0.2, 0.25) is 5.02 Å². The predicted octanol–water partition coefficient (Wildman–Crippen LogP) is 2.96. The second kappa shape index (κ2) is 11.0. The molecule has 0 aliphatic heterocycles. The highest BCUT2D eigenvalue weighted by molar-refractivity contribution is 7.99. The Bertz CT molecular complexity index is 1060. The number of methoxy groups -OCH3 is 2. The number of likely N-dealkylation sites (N-methyl/N-ethyl adjacent to an activating group) is 1. The predicted molar refractivity (Wildman–Crippen MR) is 124 cm³/mol. The fourth-order valence-electron chi connectivity index (χ4n) is 2.73. The number of amides is 1. The fraction of sp³-hybridized carbons (Fsp3) is 0.286. The molecular weight excluding hydrogens is 454 g/mol. The number of hydrogen-bond acceptors (Lipinski definition) is 8. The van der Waals surface area contributed by atoms with Crippen molar-refractivity contribution in [1.29, 1.82) is 0 Å². The minimum Gasteiger partial charge on any atom is -0.497 e. The molecule has 11 heteroatoms. The van der Waals surface area contributed by atoms with Gasteiger partial charge in [-0.05, 0) is 36.4 Å². The number of thioether (sulfide) groups is 1. The summed E-state index contributed by atoms with van der Waals surface area (Å²) in [5.41, 5.74) is 0.665. The van der Waals surface area contributed by atoms with Crippen LogP contribution >= 0.6 is 23.4 Å². The summed E-state index contributed by atoms with van der Waals surface area (Å²) < 4.78 is 17.6. The van der Waals surface area contributed by atoms with Crippen molar-refractivity contribution in [2.24, 2.45) is 0 Å². The van der Waals surface area contributed by atoms with Crippen molar-refractivity contribution in [1.82, 2.24) is 19.8 Å². The number of aromatic nitrogens is 3. The van der Waals surface area contributed by atoms with Gasteiger partial charge in [-0.2, -0.15) is 0 Å². The van der Waals surface area contributed by atoms with Crippen LogP contribution in [-0.2, 0) is 4.79 Å². The molecule has 2 aromatic carbocycles. The van der Waals surface area contributed by atoms with E-state index >= 15 is 0 Å². The monoisotopic (exact) mass is 477 g/mol. The molecule has 170 valence electrons. The summed E-state index contributed by atoms with van der Waals surface area (Å²) in [6, 6.07) is 12.4. The third-order valence-corrected chi connectivity index (χ3v) is 5.75. The number of carbonyl (C=O) groups excluding carboxylic acids is 1. The van der Waals surface area contributed by atoms with Crippen molar-refractivity contribution in [3.63, 3.8) is 0 Å². The third kappa shape index (κ3) is 5.77. The molecule has 0 radical (unpaired) electrons. The molecule has 0 unspecified atom stereocenters. The molecule has 0 bridgehead atoms. The van der Waals surface area contributed by atoms with E-state index in [1.807, 2.05) is 0 Å². The Kier molecular flexibility index (Phi) is 8.07. The van der Waals surface area contributed by atoms with Gasteiger partial charge in [0.25, 0.3) is 0 Å². The summed E-state index contributed by atoms with van der Waals surface area (Å²) in [4.78, 5) is 14.1. The number of ether oxygens (including phenoxy) is 3. The number of carbonyl (C=O) groups is 1. The number of rotatable bonds is 10. The van der Waals surface area contributed by atoms with Gasteiger partial charge in [-0.25, -0.2) is 4.68 Å². The van der Waals surface area contributed by atoms with Crippen LogP contribution in [-0.4, -0.2) is 65.9 Å². The lowest BCUT2D eigenvalue weighted by Gasteiger charge is -2.17. The molecule has 3 aromatic rings. The summed E-state index contributed by atoms with van der Waals surface area (Å²) in [6.45, 7) is 0.800. The van der Waals surface area contributed by atoms with Gasteiger partial charge in [0.05, 0.1) is 32.1 Å². The van der Waals surface area contributed by atoms with E-state index in [1.165, 1.54) is 16.4 Å². The highest BCUT2D eigenvalue weighted by atomic mass is 35.5. The summed E-state index contributed by atoms with van der Waals surface area (Å²) in [7, 11) is 4.84. The van der Waals surface area contributed by atoms with Gasteiger partial charge in [-0.15, -0.1) is 10.2 Å². The van der Waals surface area contributed by atoms with Crippen LogP contribution in [0.25, 0.3) is 11.4 Å². The van der Waals surface area contributed by atoms with Crippen LogP contribution < -0.4 is 20.1 Å². The topological polar surface area (TPSA) is 105 Å². The molecule has 32 heavy (non-hydrogen) atoms. The minimum absolute atomic E-state index is 0.0821. The van der Waals surface area contributed by atoms with Gasteiger partial charge in [0.1, 0.15) is 23.9 Å². The second-order valence-corrected chi connectivity index (χ2v) is 8.03. The first-order valence-corrected chi connectivity index (χ1v) is 11.0. The smallest absolute Gasteiger partial charge is 0.232 e. The number of benzene rings is 2. The molecule has 0 aliphatic carbocycles. The molecule has 0 aliphatic rings. The van der Waals surface area contributed by atoms with Crippen molar-refractivity contribution < 1.29 is 19.0 Å². The molecule has 2 N–H and O–H groups in total. The Morgan fingerprint density at radius 2 is 1.84 bits per heavy atom. The van der Waals surface area contributed by atoms with Crippen molar-refractivity contribution >= 4 is 29.3 Å². The molecule has 0 spiro atoms. The second-order valence-electron chi connectivity index (χ2n) is 6.65. The highest BCUT2D eigenvalue weighted by Crippen LogP contribution is 2.33. The Balaban J connectivity index is 1.55. The molecule has 0 fully saturated rings. The van der Waals surface area contributed by atoms with Gasteiger partial charge < -0.3 is 25.0 Å². The lowest BCUT2D eigenvalue weighted by Crippen LogP contribution is -2.32. The van der Waals surface area contributed by atoms with E-state index in [9.17, 15) is 4.79 Å². The van der Waals surface area contributed by atoms with Gasteiger partial charge in [0, 0.05) is 18.1 Å². The van der Waals surface area contributed by atoms with E-state index in [0.29, 0.717) is 52.0 Å². The number of nitrogens with zero attached hydrogens (tertiary/aromatic N) is 4. The summed E-state index contributed by atoms with van der Waals surface area (Å²) in [6.07, 6.45) is 0. The van der Waals surface area contributed by atoms with Crippen LogP contribution in [0.4, 0.5) is 0 Å². The number of nitrogens with two attached hydrogens (primary N) is 1. The van der Waals surface area contributed by atoms with Crippen molar-refractivity contribution in [3.05, 3.63) is 47.5 Å². The largest absolute Gasteiger partial charge is 0.497 e. The number of hydrogen-bond donors (Lipinski definition) is 1. The van der Waals surface area contributed by atoms with Gasteiger partial charge in [-0.3, -0.25) is 4.79 Å². The SMILES string of the molecule is COc1ccc(-c2nnc(SCC(=O)N(C)CCOc3ccc(Cl)cc3)n2N)c(OC)c1. The normalized spacial score (nSPS) is 10.6. The average Bonchev–Trinajstić information content (AvgIpc) is 3.18. The first-order chi connectivity index (χ1) is 15.4. The molecule has 9 nitrogen and oxygen atoms in total. The van der Waals surface area contributed by atoms with Gasteiger partial charge in [-0.1, -0.05) is 23.4 Å². The average molecular weight is 478 g/mol. The third-order valence-electron chi connectivity index (χ3n) is 4.57. The standard InChI is InChI=1S/C21H24ClN5O4S/c1-26(10-11-31-15-6-4-14(22)5-7-15)19(28)13-32-21-25-24-20(27(21)23)17-9-8-16(29-2)12-18(17)30-3/h4-9,12H,10-11,13,23H2,1-3H3. The van der Waals surface area contributed by atoms with Crippen molar-refractivity contribution in [2.75, 3.05) is 46.0 Å².